The zero-order valence-corrected chi connectivity index (χ0v) is 12.8. The lowest BCUT2D eigenvalue weighted by Crippen LogP contribution is -2.52. The van der Waals surface area contributed by atoms with E-state index in [1.807, 2.05) is 20.8 Å². The van der Waals surface area contributed by atoms with Crippen LogP contribution in [0.15, 0.2) is 0 Å². The van der Waals surface area contributed by atoms with Crippen molar-refractivity contribution in [3.8, 4) is 0 Å². The van der Waals surface area contributed by atoms with Crippen LogP contribution in [0.2, 0.25) is 0 Å². The van der Waals surface area contributed by atoms with E-state index in [9.17, 15) is 9.59 Å². The van der Waals surface area contributed by atoms with E-state index in [1.54, 1.807) is 6.92 Å². The van der Waals surface area contributed by atoms with Crippen LogP contribution in [0.25, 0.3) is 0 Å². The van der Waals surface area contributed by atoms with Gasteiger partial charge in [-0.1, -0.05) is 0 Å². The average Bonchev–Trinajstić information content (AvgIpc) is 2.35. The van der Waals surface area contributed by atoms with Gasteiger partial charge >= 0.3 is 12.1 Å². The Morgan fingerprint density at radius 3 is 2.60 bits per heavy atom. The molecule has 1 aliphatic rings. The molecule has 2 atom stereocenters. The lowest BCUT2D eigenvalue weighted by molar-refractivity contribution is -0.146. The number of ether oxygens (including phenoxy) is 2. The van der Waals surface area contributed by atoms with Gasteiger partial charge in [-0.2, -0.15) is 0 Å². The zero-order valence-electron chi connectivity index (χ0n) is 12.8. The van der Waals surface area contributed by atoms with Gasteiger partial charge in [-0.05, 0) is 47.0 Å². The van der Waals surface area contributed by atoms with Gasteiger partial charge < -0.3 is 14.8 Å². The Balaban J connectivity index is 2.33. The minimum absolute atomic E-state index is 0.0747. The molecule has 1 rings (SSSR count). The van der Waals surface area contributed by atoms with E-state index in [0.29, 0.717) is 13.2 Å². The van der Waals surface area contributed by atoms with Crippen molar-refractivity contribution in [2.75, 3.05) is 13.2 Å². The number of piperidine rings is 1. The van der Waals surface area contributed by atoms with Crippen molar-refractivity contribution < 1.29 is 19.1 Å². The lowest BCUT2D eigenvalue weighted by atomic mass is 9.98. The Morgan fingerprint density at radius 1 is 1.30 bits per heavy atom. The third-order valence-electron chi connectivity index (χ3n) is 2.95. The van der Waals surface area contributed by atoms with Crippen LogP contribution in [0.3, 0.4) is 0 Å². The smallest absolute Gasteiger partial charge is 0.407 e. The maximum absolute atomic E-state index is 11.7. The van der Waals surface area contributed by atoms with Gasteiger partial charge in [0.25, 0.3) is 0 Å². The third-order valence-corrected chi connectivity index (χ3v) is 2.95. The summed E-state index contributed by atoms with van der Waals surface area (Å²) in [5.74, 6) is -0.213. The van der Waals surface area contributed by atoms with Crippen molar-refractivity contribution in [2.24, 2.45) is 0 Å². The molecule has 1 saturated heterocycles. The van der Waals surface area contributed by atoms with Gasteiger partial charge in [0.05, 0.1) is 6.61 Å². The normalized spacial score (nSPS) is 23.0. The number of esters is 1. The fraction of sp³-hybridized carbons (Fsp3) is 0.857. The summed E-state index contributed by atoms with van der Waals surface area (Å²) in [5, 5.41) is 5.94. The van der Waals surface area contributed by atoms with Gasteiger partial charge in [-0.15, -0.1) is 0 Å². The van der Waals surface area contributed by atoms with Crippen LogP contribution in [0.1, 0.15) is 47.0 Å². The molecule has 1 amide bonds. The molecule has 0 aliphatic carbocycles. The first-order chi connectivity index (χ1) is 9.31. The molecule has 0 aromatic heterocycles. The van der Waals surface area contributed by atoms with Gasteiger partial charge in [0.15, 0.2) is 0 Å². The molecule has 20 heavy (non-hydrogen) atoms. The Morgan fingerprint density at radius 2 is 2.00 bits per heavy atom. The summed E-state index contributed by atoms with van der Waals surface area (Å²) in [6.45, 7) is 8.09. The van der Waals surface area contributed by atoms with Crippen LogP contribution in [0.5, 0.6) is 0 Å². The lowest BCUT2D eigenvalue weighted by Gasteiger charge is -2.30. The Kier molecular flexibility index (Phi) is 6.26. The summed E-state index contributed by atoms with van der Waals surface area (Å²) in [4.78, 5) is 23.2. The third kappa shape index (κ3) is 6.23. The molecule has 2 N–H and O–H groups in total. The van der Waals surface area contributed by atoms with Crippen LogP contribution < -0.4 is 10.6 Å². The van der Waals surface area contributed by atoms with Crippen LogP contribution in [-0.2, 0) is 14.3 Å². The number of hydrogen-bond donors (Lipinski definition) is 2. The second kappa shape index (κ2) is 7.47. The topological polar surface area (TPSA) is 76.7 Å². The number of alkyl carbamates (subject to hydrolysis) is 1. The second-order valence-corrected chi connectivity index (χ2v) is 5.98. The average molecular weight is 286 g/mol. The van der Waals surface area contributed by atoms with Gasteiger partial charge in [0.1, 0.15) is 11.6 Å². The summed E-state index contributed by atoms with van der Waals surface area (Å²) in [7, 11) is 0. The first-order valence-corrected chi connectivity index (χ1v) is 7.21. The highest BCUT2D eigenvalue weighted by Gasteiger charge is 2.27. The number of amides is 1. The van der Waals surface area contributed by atoms with Gasteiger partial charge in [-0.3, -0.25) is 10.1 Å². The molecule has 0 spiro atoms. The van der Waals surface area contributed by atoms with Gasteiger partial charge in [0.2, 0.25) is 0 Å². The van der Waals surface area contributed by atoms with Gasteiger partial charge in [-0.25, -0.2) is 4.79 Å². The SMILES string of the molecule is CCOC(=O)[C@H]1CCC[C@H](CNC(=O)OC(C)(C)C)N1. The molecule has 6 heteroatoms. The highest BCUT2D eigenvalue weighted by molar-refractivity contribution is 5.76. The Bertz CT molecular complexity index is 339. The van der Waals surface area contributed by atoms with E-state index in [4.69, 9.17) is 9.47 Å². The van der Waals surface area contributed by atoms with Crippen molar-refractivity contribution in [2.45, 2.75) is 64.6 Å². The van der Waals surface area contributed by atoms with Crippen molar-refractivity contribution in [3.05, 3.63) is 0 Å². The minimum Gasteiger partial charge on any atom is -0.465 e. The van der Waals surface area contributed by atoms with Crippen molar-refractivity contribution >= 4 is 12.1 Å². The largest absolute Gasteiger partial charge is 0.465 e. The molecule has 116 valence electrons. The van der Waals surface area contributed by atoms with E-state index in [2.05, 4.69) is 10.6 Å². The van der Waals surface area contributed by atoms with E-state index in [0.717, 1.165) is 19.3 Å². The highest BCUT2D eigenvalue weighted by atomic mass is 16.6. The van der Waals surface area contributed by atoms with E-state index < -0.39 is 11.7 Å². The predicted molar refractivity (Wildman–Crippen MR) is 75.4 cm³/mol. The van der Waals surface area contributed by atoms with Crippen molar-refractivity contribution in [3.63, 3.8) is 0 Å². The molecule has 0 aromatic carbocycles. The molecule has 1 fully saturated rings. The van der Waals surface area contributed by atoms with Crippen LogP contribution in [0.4, 0.5) is 4.79 Å². The molecule has 0 radical (unpaired) electrons. The van der Waals surface area contributed by atoms with Crippen molar-refractivity contribution in [1.82, 2.24) is 10.6 Å². The molecule has 1 heterocycles. The summed E-state index contributed by atoms with van der Waals surface area (Å²) in [6.07, 6.45) is 2.21. The standard InChI is InChI=1S/C14H26N2O4/c1-5-19-12(17)11-8-6-7-10(16-11)9-15-13(18)20-14(2,3)4/h10-11,16H,5-9H2,1-4H3,(H,15,18)/t10-,11-/m1/s1. The molecule has 1 aliphatic heterocycles. The molecular weight excluding hydrogens is 260 g/mol. The van der Waals surface area contributed by atoms with E-state index >= 15 is 0 Å². The number of carbonyl (C=O) groups excluding carboxylic acids is 2. The summed E-state index contributed by atoms with van der Waals surface area (Å²) in [6, 6.07) is -0.195. The fourth-order valence-corrected chi connectivity index (χ4v) is 2.13. The molecule has 0 unspecified atom stereocenters. The molecule has 0 aromatic rings. The number of hydrogen-bond acceptors (Lipinski definition) is 5. The second-order valence-electron chi connectivity index (χ2n) is 5.98. The summed E-state index contributed by atoms with van der Waals surface area (Å²) >= 11 is 0. The van der Waals surface area contributed by atoms with E-state index in [-0.39, 0.29) is 18.1 Å². The van der Waals surface area contributed by atoms with Gasteiger partial charge in [0, 0.05) is 12.6 Å². The molecular formula is C14H26N2O4. The fourth-order valence-electron chi connectivity index (χ4n) is 2.13. The Hall–Kier alpha value is -1.30. The zero-order chi connectivity index (χ0) is 15.2. The number of rotatable bonds is 4. The number of nitrogens with one attached hydrogen (secondary N) is 2. The van der Waals surface area contributed by atoms with Crippen LogP contribution in [0, 0.1) is 0 Å². The number of carbonyl (C=O) groups is 2. The maximum atomic E-state index is 11.7. The monoisotopic (exact) mass is 286 g/mol. The van der Waals surface area contributed by atoms with Crippen molar-refractivity contribution in [1.29, 1.82) is 0 Å². The first kappa shape index (κ1) is 16.8. The summed E-state index contributed by atoms with van der Waals surface area (Å²) in [5.41, 5.74) is -0.502. The Labute approximate surface area is 120 Å². The highest BCUT2D eigenvalue weighted by Crippen LogP contribution is 2.14. The maximum Gasteiger partial charge on any atom is 0.407 e. The molecule has 0 bridgehead atoms. The first-order valence-electron chi connectivity index (χ1n) is 7.21. The molecule has 6 nitrogen and oxygen atoms in total. The quantitative estimate of drug-likeness (QED) is 0.767. The minimum atomic E-state index is -0.502. The molecule has 0 saturated carbocycles. The van der Waals surface area contributed by atoms with Crippen LogP contribution in [-0.4, -0.2) is 42.9 Å². The summed E-state index contributed by atoms with van der Waals surface area (Å²) < 4.78 is 10.2. The van der Waals surface area contributed by atoms with E-state index in [1.165, 1.54) is 0 Å². The van der Waals surface area contributed by atoms with Crippen LogP contribution >= 0.6 is 0 Å². The predicted octanol–water partition coefficient (Wildman–Crippen LogP) is 1.58.